The van der Waals surface area contributed by atoms with E-state index in [1.54, 1.807) is 42.1 Å². The molecule has 2 amide bonds. The Bertz CT molecular complexity index is 1070. The zero-order valence-electron chi connectivity index (χ0n) is 17.9. The highest BCUT2D eigenvalue weighted by Gasteiger charge is 2.15. The first-order valence-electron chi connectivity index (χ1n) is 10.1. The van der Waals surface area contributed by atoms with Crippen LogP contribution in [0.15, 0.2) is 89.5 Å². The lowest BCUT2D eigenvalue weighted by molar-refractivity contribution is -0.113. The van der Waals surface area contributed by atoms with Crippen LogP contribution in [0.3, 0.4) is 0 Å². The second kappa shape index (κ2) is 10.6. The highest BCUT2D eigenvalue weighted by Crippen LogP contribution is 2.20. The van der Waals surface area contributed by atoms with Crippen molar-refractivity contribution in [3.05, 3.63) is 101 Å². The topological polar surface area (TPSA) is 58.2 Å². The molecule has 0 heterocycles. The molecule has 158 valence electrons. The number of benzene rings is 3. The molecule has 3 rings (SSSR count). The van der Waals surface area contributed by atoms with Crippen LogP contribution < -0.4 is 10.6 Å². The molecule has 3 aromatic carbocycles. The zero-order chi connectivity index (χ0) is 22.2. The number of amides is 2. The lowest BCUT2D eigenvalue weighted by Gasteiger charge is -2.12. The monoisotopic (exact) mass is 430 g/mol. The summed E-state index contributed by atoms with van der Waals surface area (Å²) in [5.41, 5.74) is 3.39. The number of carbonyl (C=O) groups is 2. The Hall–Kier alpha value is -3.31. The summed E-state index contributed by atoms with van der Waals surface area (Å²) in [6, 6.07) is 24.4. The minimum atomic E-state index is -0.379. The zero-order valence-corrected chi connectivity index (χ0v) is 18.7. The molecule has 0 aliphatic rings. The van der Waals surface area contributed by atoms with E-state index >= 15 is 0 Å². The lowest BCUT2D eigenvalue weighted by atomic mass is 10.0. The fraction of sp³-hybridized carbons (Fsp3) is 0.154. The van der Waals surface area contributed by atoms with Crippen LogP contribution in [0.1, 0.15) is 41.3 Å². The fourth-order valence-corrected chi connectivity index (χ4v) is 3.44. The maximum atomic E-state index is 13.1. The molecular formula is C26H26N2O2S. The maximum absolute atomic E-state index is 13.1. The molecule has 5 heteroatoms. The average Bonchev–Trinajstić information content (AvgIpc) is 2.79. The summed E-state index contributed by atoms with van der Waals surface area (Å²) in [7, 11) is 0. The van der Waals surface area contributed by atoms with Crippen molar-refractivity contribution in [3.8, 4) is 0 Å². The van der Waals surface area contributed by atoms with Crippen molar-refractivity contribution >= 4 is 35.3 Å². The summed E-state index contributed by atoms with van der Waals surface area (Å²) in [4.78, 5) is 26.8. The van der Waals surface area contributed by atoms with Crippen LogP contribution >= 0.6 is 11.8 Å². The van der Waals surface area contributed by atoms with Crippen molar-refractivity contribution in [2.75, 3.05) is 11.6 Å². The smallest absolute Gasteiger partial charge is 0.272 e. The molecule has 0 unspecified atom stereocenters. The Labute approximate surface area is 187 Å². The van der Waals surface area contributed by atoms with Crippen LogP contribution in [0.5, 0.6) is 0 Å². The first-order chi connectivity index (χ1) is 15.0. The van der Waals surface area contributed by atoms with Crippen molar-refractivity contribution in [2.45, 2.75) is 24.7 Å². The van der Waals surface area contributed by atoms with E-state index in [1.807, 2.05) is 60.9 Å². The molecular weight excluding hydrogens is 404 g/mol. The number of hydrogen-bond donors (Lipinski definition) is 2. The molecule has 0 spiro atoms. The van der Waals surface area contributed by atoms with Crippen molar-refractivity contribution in [3.63, 3.8) is 0 Å². The van der Waals surface area contributed by atoms with Gasteiger partial charge in [0, 0.05) is 16.1 Å². The van der Waals surface area contributed by atoms with Gasteiger partial charge in [-0.2, -0.15) is 0 Å². The quantitative estimate of drug-likeness (QED) is 0.360. The summed E-state index contributed by atoms with van der Waals surface area (Å²) in [6.45, 7) is 4.26. The largest absolute Gasteiger partial charge is 0.321 e. The molecule has 0 fully saturated rings. The van der Waals surface area contributed by atoms with Gasteiger partial charge in [-0.1, -0.05) is 62.4 Å². The Balaban J connectivity index is 1.88. The van der Waals surface area contributed by atoms with Gasteiger partial charge >= 0.3 is 0 Å². The Morgan fingerprint density at radius 3 is 2.26 bits per heavy atom. The van der Waals surface area contributed by atoms with E-state index in [0.717, 1.165) is 10.5 Å². The minimum Gasteiger partial charge on any atom is -0.321 e. The fourth-order valence-electron chi connectivity index (χ4n) is 2.99. The van der Waals surface area contributed by atoms with Gasteiger partial charge in [-0.25, -0.2) is 0 Å². The molecule has 3 aromatic rings. The van der Waals surface area contributed by atoms with Crippen molar-refractivity contribution in [2.24, 2.45) is 0 Å². The molecule has 0 bridgehead atoms. The summed E-state index contributed by atoms with van der Waals surface area (Å²) in [5, 5.41) is 5.66. The summed E-state index contributed by atoms with van der Waals surface area (Å²) >= 11 is 1.60. The number of anilines is 1. The van der Waals surface area contributed by atoms with E-state index in [0.29, 0.717) is 17.2 Å². The Kier molecular flexibility index (Phi) is 7.68. The number of hydrogen-bond acceptors (Lipinski definition) is 3. The molecule has 0 atom stereocenters. The number of carbonyl (C=O) groups excluding carboxylic acids is 2. The van der Waals surface area contributed by atoms with Crippen LogP contribution in [-0.2, 0) is 4.79 Å². The van der Waals surface area contributed by atoms with Gasteiger partial charge < -0.3 is 10.6 Å². The third kappa shape index (κ3) is 6.33. The van der Waals surface area contributed by atoms with Gasteiger partial charge in [-0.15, -0.1) is 11.8 Å². The van der Waals surface area contributed by atoms with Gasteiger partial charge in [0.25, 0.3) is 11.8 Å². The number of thioether (sulfide) groups is 1. The van der Waals surface area contributed by atoms with Crippen molar-refractivity contribution < 1.29 is 9.59 Å². The van der Waals surface area contributed by atoms with Gasteiger partial charge in [0.2, 0.25) is 0 Å². The van der Waals surface area contributed by atoms with Crippen LogP contribution in [0.2, 0.25) is 0 Å². The van der Waals surface area contributed by atoms with Gasteiger partial charge in [0.05, 0.1) is 0 Å². The molecule has 0 radical (unpaired) electrons. The normalized spacial score (nSPS) is 11.3. The molecule has 0 saturated heterocycles. The van der Waals surface area contributed by atoms with Crippen LogP contribution in [0.4, 0.5) is 5.69 Å². The molecule has 0 aliphatic carbocycles. The first kappa shape index (κ1) is 22.4. The van der Waals surface area contributed by atoms with Crippen molar-refractivity contribution in [1.29, 1.82) is 0 Å². The van der Waals surface area contributed by atoms with E-state index < -0.39 is 0 Å². The molecule has 0 saturated carbocycles. The van der Waals surface area contributed by atoms with E-state index in [9.17, 15) is 9.59 Å². The first-order valence-corrected chi connectivity index (χ1v) is 11.3. The Morgan fingerprint density at radius 2 is 1.61 bits per heavy atom. The Morgan fingerprint density at radius 1 is 0.903 bits per heavy atom. The van der Waals surface area contributed by atoms with E-state index in [2.05, 4.69) is 24.5 Å². The van der Waals surface area contributed by atoms with Gasteiger partial charge in [0.15, 0.2) is 0 Å². The second-order valence-corrected chi connectivity index (χ2v) is 8.27. The standard InChI is InChI=1S/C26H26N2O2S/c1-18(2)20-14-12-19(13-15-20)16-24(28-25(29)21-8-5-4-6-9-21)26(30)27-22-10-7-11-23(17-22)31-3/h4-18H,1-3H3,(H,27,30)(H,28,29)/b24-16+. The lowest BCUT2D eigenvalue weighted by Crippen LogP contribution is -2.30. The average molecular weight is 431 g/mol. The minimum absolute atomic E-state index is 0.181. The maximum Gasteiger partial charge on any atom is 0.272 e. The van der Waals surface area contributed by atoms with Crippen LogP contribution in [0.25, 0.3) is 6.08 Å². The molecule has 4 nitrogen and oxygen atoms in total. The molecule has 0 aromatic heterocycles. The number of nitrogens with one attached hydrogen (secondary N) is 2. The predicted octanol–water partition coefficient (Wildman–Crippen LogP) is 5.94. The summed E-state index contributed by atoms with van der Waals surface area (Å²) < 4.78 is 0. The van der Waals surface area contributed by atoms with Crippen molar-refractivity contribution in [1.82, 2.24) is 5.32 Å². The van der Waals surface area contributed by atoms with E-state index in [4.69, 9.17) is 0 Å². The third-order valence-electron chi connectivity index (χ3n) is 4.77. The third-order valence-corrected chi connectivity index (χ3v) is 5.50. The summed E-state index contributed by atoms with van der Waals surface area (Å²) in [5.74, 6) is -0.295. The number of rotatable bonds is 7. The van der Waals surface area contributed by atoms with Crippen LogP contribution in [0, 0.1) is 0 Å². The van der Waals surface area contributed by atoms with Crippen LogP contribution in [-0.4, -0.2) is 18.1 Å². The van der Waals surface area contributed by atoms with Gasteiger partial charge in [0.1, 0.15) is 5.70 Å². The SMILES string of the molecule is CSc1cccc(NC(=O)/C(=C\c2ccc(C(C)C)cc2)NC(=O)c2ccccc2)c1. The van der Waals surface area contributed by atoms with E-state index in [-0.39, 0.29) is 17.5 Å². The molecule has 31 heavy (non-hydrogen) atoms. The highest BCUT2D eigenvalue weighted by molar-refractivity contribution is 7.98. The second-order valence-electron chi connectivity index (χ2n) is 7.39. The molecule has 2 N–H and O–H groups in total. The highest BCUT2D eigenvalue weighted by atomic mass is 32.2. The predicted molar refractivity (Wildman–Crippen MR) is 129 cm³/mol. The van der Waals surface area contributed by atoms with Gasteiger partial charge in [-0.05, 0) is 59.7 Å². The van der Waals surface area contributed by atoms with E-state index in [1.165, 1.54) is 5.56 Å². The van der Waals surface area contributed by atoms with Gasteiger partial charge in [-0.3, -0.25) is 9.59 Å². The summed E-state index contributed by atoms with van der Waals surface area (Å²) in [6.07, 6.45) is 3.67. The molecule has 0 aliphatic heterocycles.